The summed E-state index contributed by atoms with van der Waals surface area (Å²) in [6.45, 7) is 2.75. The fraction of sp³-hybridized carbons (Fsp3) is 0.360. The van der Waals surface area contributed by atoms with Crippen LogP contribution in [0.15, 0.2) is 34.7 Å². The molecule has 180 valence electrons. The lowest BCUT2D eigenvalue weighted by Gasteiger charge is -2.33. The third-order valence-corrected chi connectivity index (χ3v) is 8.28. The van der Waals surface area contributed by atoms with E-state index >= 15 is 0 Å². The van der Waals surface area contributed by atoms with Gasteiger partial charge >= 0.3 is 0 Å². The third kappa shape index (κ3) is 5.95. The van der Waals surface area contributed by atoms with Crippen LogP contribution in [0.2, 0.25) is 5.02 Å². The normalized spacial score (nSPS) is 14.5. The summed E-state index contributed by atoms with van der Waals surface area (Å²) in [7, 11) is 0. The second kappa shape index (κ2) is 11.9. The van der Waals surface area contributed by atoms with Gasteiger partial charge in [-0.2, -0.15) is 10.5 Å². The van der Waals surface area contributed by atoms with E-state index in [0.717, 1.165) is 60.7 Å². The van der Waals surface area contributed by atoms with E-state index in [1.54, 1.807) is 11.3 Å². The molecule has 1 saturated heterocycles. The lowest BCUT2D eigenvalue weighted by molar-refractivity contribution is 0.187. The number of nitrogens with two attached hydrogens (primary N) is 1. The fourth-order valence-electron chi connectivity index (χ4n) is 4.32. The second-order valence-electron chi connectivity index (χ2n) is 8.32. The summed E-state index contributed by atoms with van der Waals surface area (Å²) in [6, 6.07) is 12.1. The van der Waals surface area contributed by atoms with Gasteiger partial charge in [0, 0.05) is 34.9 Å². The molecule has 1 aromatic carbocycles. The van der Waals surface area contributed by atoms with Crippen LogP contribution in [0.25, 0.3) is 10.6 Å². The highest BCUT2D eigenvalue weighted by Crippen LogP contribution is 2.39. The first-order chi connectivity index (χ1) is 17.0. The van der Waals surface area contributed by atoms with Gasteiger partial charge in [-0.3, -0.25) is 0 Å². The van der Waals surface area contributed by atoms with E-state index in [-0.39, 0.29) is 18.3 Å². The molecular formula is C25H25ClN6OS2. The molecule has 0 spiro atoms. The van der Waals surface area contributed by atoms with E-state index in [1.807, 2.05) is 29.6 Å². The number of thiazole rings is 1. The molecule has 4 rings (SSSR count). The predicted molar refractivity (Wildman–Crippen MR) is 140 cm³/mol. The van der Waals surface area contributed by atoms with Crippen molar-refractivity contribution < 1.29 is 5.11 Å². The first-order valence-electron chi connectivity index (χ1n) is 11.3. The summed E-state index contributed by atoms with van der Waals surface area (Å²) in [6.07, 6.45) is 2.41. The standard InChI is InChI=1S/C25H25ClN6OS2/c26-18-4-2-17(3-5-18)24-30-19(14-34-24)15-35-25-21(13-28)22(20(12-27)23(29)31-25)16-6-9-32(10-7-16)8-1-11-33/h2-5,14,16,33H,1,6-11,15H2,(H2,29,31). The molecule has 1 aliphatic rings. The molecule has 1 fully saturated rings. The van der Waals surface area contributed by atoms with Crippen LogP contribution in [-0.4, -0.2) is 46.2 Å². The molecule has 0 atom stereocenters. The van der Waals surface area contributed by atoms with Crippen molar-refractivity contribution in [2.75, 3.05) is 32.0 Å². The average Bonchev–Trinajstić information content (AvgIpc) is 3.35. The van der Waals surface area contributed by atoms with E-state index in [0.29, 0.717) is 26.9 Å². The molecule has 0 bridgehead atoms. The molecule has 1 aliphatic heterocycles. The Morgan fingerprint density at radius 2 is 1.86 bits per heavy atom. The number of rotatable bonds is 8. The van der Waals surface area contributed by atoms with Crippen LogP contribution in [0.1, 0.15) is 47.6 Å². The minimum Gasteiger partial charge on any atom is -0.396 e. The molecule has 0 amide bonds. The quantitative estimate of drug-likeness (QED) is 0.393. The van der Waals surface area contributed by atoms with Crippen LogP contribution in [0.3, 0.4) is 0 Å². The van der Waals surface area contributed by atoms with Crippen LogP contribution >= 0.6 is 34.7 Å². The molecule has 35 heavy (non-hydrogen) atoms. The van der Waals surface area contributed by atoms with Crippen LogP contribution in [0.5, 0.6) is 0 Å². The number of nitrogens with zero attached hydrogens (tertiary/aromatic N) is 5. The Hall–Kier alpha value is -2.66. The first kappa shape index (κ1) is 25.4. The Balaban J connectivity index is 1.54. The van der Waals surface area contributed by atoms with Crippen molar-refractivity contribution in [2.45, 2.75) is 36.0 Å². The van der Waals surface area contributed by atoms with Crippen molar-refractivity contribution in [2.24, 2.45) is 0 Å². The minimum atomic E-state index is 0.0742. The number of nitriles is 2. The highest BCUT2D eigenvalue weighted by atomic mass is 35.5. The van der Waals surface area contributed by atoms with E-state index in [1.165, 1.54) is 11.8 Å². The van der Waals surface area contributed by atoms with E-state index in [2.05, 4.69) is 22.0 Å². The minimum absolute atomic E-state index is 0.0742. The van der Waals surface area contributed by atoms with Gasteiger partial charge in [0.25, 0.3) is 0 Å². The molecule has 3 N–H and O–H groups in total. The molecule has 7 nitrogen and oxygen atoms in total. The Morgan fingerprint density at radius 3 is 2.51 bits per heavy atom. The molecule has 10 heteroatoms. The summed E-state index contributed by atoms with van der Waals surface area (Å²) in [4.78, 5) is 11.5. The fourth-order valence-corrected chi connectivity index (χ4v) is 6.27. The van der Waals surface area contributed by atoms with E-state index in [9.17, 15) is 10.5 Å². The van der Waals surface area contributed by atoms with Crippen molar-refractivity contribution in [3.05, 3.63) is 57.1 Å². The monoisotopic (exact) mass is 524 g/mol. The summed E-state index contributed by atoms with van der Waals surface area (Å²) >= 11 is 8.96. The molecule has 3 heterocycles. The highest BCUT2D eigenvalue weighted by molar-refractivity contribution is 7.98. The largest absolute Gasteiger partial charge is 0.396 e. The van der Waals surface area contributed by atoms with E-state index < -0.39 is 0 Å². The van der Waals surface area contributed by atoms with Crippen molar-refractivity contribution in [1.29, 1.82) is 10.5 Å². The number of aromatic nitrogens is 2. The Labute approximate surface area is 218 Å². The van der Waals surface area contributed by atoms with Crippen LogP contribution < -0.4 is 5.73 Å². The van der Waals surface area contributed by atoms with Crippen LogP contribution in [0.4, 0.5) is 5.82 Å². The maximum absolute atomic E-state index is 10.1. The summed E-state index contributed by atoms with van der Waals surface area (Å²) < 4.78 is 0. The van der Waals surface area contributed by atoms with Crippen molar-refractivity contribution in [3.63, 3.8) is 0 Å². The van der Waals surface area contributed by atoms with Gasteiger partial charge in [0.05, 0.1) is 16.8 Å². The highest BCUT2D eigenvalue weighted by Gasteiger charge is 2.29. The van der Waals surface area contributed by atoms with Gasteiger partial charge in [-0.1, -0.05) is 35.5 Å². The number of halogens is 1. The molecule has 2 aromatic heterocycles. The Kier molecular flexibility index (Phi) is 8.61. The number of hydrogen-bond acceptors (Lipinski definition) is 9. The number of hydrogen-bond donors (Lipinski definition) is 2. The summed E-state index contributed by atoms with van der Waals surface area (Å²) in [5, 5.41) is 33.1. The number of aliphatic hydroxyl groups excluding tert-OH is 1. The average molecular weight is 525 g/mol. The zero-order valence-electron chi connectivity index (χ0n) is 19.1. The van der Waals surface area contributed by atoms with Gasteiger partial charge in [0.1, 0.15) is 28.0 Å². The van der Waals surface area contributed by atoms with Gasteiger partial charge in [-0.05, 0) is 56.0 Å². The maximum Gasteiger partial charge on any atom is 0.143 e. The van der Waals surface area contributed by atoms with Gasteiger partial charge in [-0.25, -0.2) is 9.97 Å². The van der Waals surface area contributed by atoms with Crippen molar-refractivity contribution >= 4 is 40.5 Å². The summed E-state index contributed by atoms with van der Waals surface area (Å²) in [5.41, 5.74) is 9.58. The first-order valence-corrected chi connectivity index (χ1v) is 13.6. The number of thioether (sulfide) groups is 1. The van der Waals surface area contributed by atoms with Gasteiger partial charge in [0.2, 0.25) is 0 Å². The van der Waals surface area contributed by atoms with Crippen molar-refractivity contribution in [3.8, 4) is 22.7 Å². The smallest absolute Gasteiger partial charge is 0.143 e. The Bertz CT molecular complexity index is 1260. The number of likely N-dealkylation sites (tertiary alicyclic amines) is 1. The van der Waals surface area contributed by atoms with Gasteiger partial charge in [-0.15, -0.1) is 11.3 Å². The van der Waals surface area contributed by atoms with Crippen molar-refractivity contribution in [1.82, 2.24) is 14.9 Å². The summed E-state index contributed by atoms with van der Waals surface area (Å²) in [5.74, 6) is 0.785. The second-order valence-corrected chi connectivity index (χ2v) is 10.6. The van der Waals surface area contributed by atoms with Gasteiger partial charge < -0.3 is 15.7 Å². The third-order valence-electron chi connectivity index (χ3n) is 6.08. The molecule has 0 unspecified atom stereocenters. The molecule has 3 aromatic rings. The molecule has 0 radical (unpaired) electrons. The SMILES string of the molecule is N#Cc1c(N)nc(SCc2csc(-c3ccc(Cl)cc3)n2)c(C#N)c1C1CCN(CCCO)CC1. The predicted octanol–water partition coefficient (Wildman–Crippen LogP) is 5.04. The van der Waals surface area contributed by atoms with Crippen LogP contribution in [0, 0.1) is 22.7 Å². The van der Waals surface area contributed by atoms with Gasteiger partial charge in [0.15, 0.2) is 0 Å². The molecular weight excluding hydrogens is 500 g/mol. The number of aliphatic hydroxyl groups is 1. The number of benzene rings is 1. The topological polar surface area (TPSA) is 123 Å². The van der Waals surface area contributed by atoms with E-state index in [4.69, 9.17) is 27.4 Å². The zero-order chi connectivity index (χ0) is 24.8. The lowest BCUT2D eigenvalue weighted by atomic mass is 9.84. The zero-order valence-corrected chi connectivity index (χ0v) is 21.5. The molecule has 0 aliphatic carbocycles. The lowest BCUT2D eigenvalue weighted by Crippen LogP contribution is -2.34. The number of nitrogen functional groups attached to an aromatic ring is 1. The Morgan fingerprint density at radius 1 is 1.14 bits per heavy atom. The number of anilines is 1. The molecule has 0 saturated carbocycles. The maximum atomic E-state index is 10.1. The number of pyridine rings is 1. The van der Waals surface area contributed by atoms with Crippen LogP contribution in [-0.2, 0) is 5.75 Å². The number of piperidine rings is 1.